The average molecular weight is 506 g/mol. The van der Waals surface area contributed by atoms with Crippen LogP contribution in [0.1, 0.15) is 27.0 Å². The Bertz CT molecular complexity index is 1310. The molecule has 3 aromatic rings. The Morgan fingerprint density at radius 3 is 2.76 bits per heavy atom. The molecule has 0 bridgehead atoms. The first-order chi connectivity index (χ1) is 17.7. The number of anilines is 4. The van der Waals surface area contributed by atoms with E-state index < -0.39 is 11.9 Å². The second-order valence-corrected chi connectivity index (χ2v) is 9.15. The zero-order chi connectivity index (χ0) is 26.5. The number of carboxylic acid groups (broad SMARTS) is 1. The number of likely N-dealkylation sites (N-methyl/N-ethyl adjacent to an activating group) is 2. The smallest absolute Gasteiger partial charge is 0.317 e. The molecule has 0 spiro atoms. The molecule has 5 N–H and O–H groups in total. The number of methoxy groups -OCH3 is 1. The molecule has 0 unspecified atom stereocenters. The van der Waals surface area contributed by atoms with E-state index >= 15 is 0 Å². The Morgan fingerprint density at radius 1 is 1.22 bits per heavy atom. The van der Waals surface area contributed by atoms with Crippen LogP contribution in [0.15, 0.2) is 42.6 Å². The normalized spacial score (nSPS) is 13.2. The van der Waals surface area contributed by atoms with Gasteiger partial charge in [0.15, 0.2) is 0 Å². The lowest BCUT2D eigenvalue weighted by Crippen LogP contribution is -2.26. The molecule has 1 amide bonds. The molecule has 0 saturated heterocycles. The minimum atomic E-state index is -0.897. The number of amides is 1. The van der Waals surface area contributed by atoms with Crippen molar-refractivity contribution in [2.24, 2.45) is 5.73 Å². The van der Waals surface area contributed by atoms with Crippen molar-refractivity contribution in [2.45, 2.75) is 19.5 Å². The molecule has 4 rings (SSSR count). The number of fused-ring (bicyclic) bond motifs is 1. The lowest BCUT2D eigenvalue weighted by atomic mass is 9.99. The number of hydrogen-bond donors (Lipinski definition) is 4. The van der Waals surface area contributed by atoms with Gasteiger partial charge in [-0.15, -0.1) is 0 Å². The van der Waals surface area contributed by atoms with Crippen LogP contribution in [0.2, 0.25) is 0 Å². The zero-order valence-electron chi connectivity index (χ0n) is 21.1. The molecular formula is C26H31N7O4. The number of carboxylic acids is 1. The van der Waals surface area contributed by atoms with E-state index in [1.165, 1.54) is 17.3 Å². The number of nitrogens with two attached hydrogens (primary N) is 1. The fourth-order valence-electron chi connectivity index (χ4n) is 4.32. The van der Waals surface area contributed by atoms with Crippen molar-refractivity contribution in [1.29, 1.82) is 0 Å². The summed E-state index contributed by atoms with van der Waals surface area (Å²) in [6, 6.07) is 11.5. The minimum absolute atomic E-state index is 0.0765. The van der Waals surface area contributed by atoms with Gasteiger partial charge in [-0.2, -0.15) is 4.98 Å². The van der Waals surface area contributed by atoms with E-state index in [2.05, 4.69) is 32.5 Å². The number of aromatic nitrogens is 2. The number of rotatable bonds is 10. The van der Waals surface area contributed by atoms with Crippen LogP contribution in [0, 0.1) is 0 Å². The van der Waals surface area contributed by atoms with Crippen molar-refractivity contribution in [3.05, 3.63) is 64.8 Å². The number of carbonyl (C=O) groups is 2. The molecule has 1 aliphatic rings. The number of benzene rings is 2. The second-order valence-electron chi connectivity index (χ2n) is 9.15. The third kappa shape index (κ3) is 6.51. The van der Waals surface area contributed by atoms with Crippen molar-refractivity contribution in [3.63, 3.8) is 0 Å². The molecule has 0 saturated carbocycles. The molecule has 37 heavy (non-hydrogen) atoms. The zero-order valence-corrected chi connectivity index (χ0v) is 21.1. The van der Waals surface area contributed by atoms with Crippen LogP contribution < -0.4 is 21.1 Å². The van der Waals surface area contributed by atoms with Gasteiger partial charge in [0.25, 0.3) is 5.91 Å². The summed E-state index contributed by atoms with van der Waals surface area (Å²) in [5, 5.41) is 15.4. The maximum absolute atomic E-state index is 12.1. The molecule has 0 atom stereocenters. The van der Waals surface area contributed by atoms with Crippen molar-refractivity contribution in [3.8, 4) is 5.75 Å². The third-order valence-corrected chi connectivity index (χ3v) is 6.07. The minimum Gasteiger partial charge on any atom is -0.495 e. The highest BCUT2D eigenvalue weighted by molar-refractivity contribution is 5.98. The lowest BCUT2D eigenvalue weighted by Gasteiger charge is -2.26. The highest BCUT2D eigenvalue weighted by Crippen LogP contribution is 2.33. The molecule has 1 aliphatic heterocycles. The quantitative estimate of drug-likeness (QED) is 0.324. The SMILES string of the molecule is COc1cc2c(cc1Nc1ncc(C(N)=O)c(Nc3cccc(CN(C)CC(=O)O)c3)n1)CN(C)CC2. The van der Waals surface area contributed by atoms with Crippen molar-refractivity contribution in [1.82, 2.24) is 19.8 Å². The van der Waals surface area contributed by atoms with Gasteiger partial charge in [0.2, 0.25) is 5.95 Å². The maximum atomic E-state index is 12.1. The van der Waals surface area contributed by atoms with Gasteiger partial charge in [-0.05, 0) is 61.5 Å². The molecule has 0 fully saturated rings. The lowest BCUT2D eigenvalue weighted by molar-refractivity contribution is -0.138. The molecule has 0 aliphatic carbocycles. The number of ether oxygens (including phenoxy) is 1. The Morgan fingerprint density at radius 2 is 2.03 bits per heavy atom. The topological polar surface area (TPSA) is 146 Å². The first-order valence-corrected chi connectivity index (χ1v) is 11.8. The van der Waals surface area contributed by atoms with E-state index in [0.29, 0.717) is 18.0 Å². The van der Waals surface area contributed by atoms with Gasteiger partial charge in [0.1, 0.15) is 17.1 Å². The fraction of sp³-hybridized carbons (Fsp3) is 0.308. The van der Waals surface area contributed by atoms with Crippen molar-refractivity contribution >= 4 is 35.0 Å². The van der Waals surface area contributed by atoms with E-state index in [-0.39, 0.29) is 23.9 Å². The molecule has 1 aromatic heterocycles. The molecular weight excluding hydrogens is 474 g/mol. The summed E-state index contributed by atoms with van der Waals surface area (Å²) < 4.78 is 5.61. The molecule has 194 valence electrons. The molecule has 2 aromatic carbocycles. The maximum Gasteiger partial charge on any atom is 0.317 e. The van der Waals surface area contributed by atoms with Gasteiger partial charge in [-0.25, -0.2) is 4.98 Å². The monoisotopic (exact) mass is 505 g/mol. The van der Waals surface area contributed by atoms with E-state index in [1.807, 2.05) is 36.4 Å². The Hall–Kier alpha value is -4.22. The summed E-state index contributed by atoms with van der Waals surface area (Å²) in [4.78, 5) is 35.8. The molecule has 0 radical (unpaired) electrons. The predicted octanol–water partition coefficient (Wildman–Crippen LogP) is 2.58. The number of primary amides is 1. The van der Waals surface area contributed by atoms with E-state index in [9.17, 15) is 9.59 Å². The van der Waals surface area contributed by atoms with Gasteiger partial charge < -0.3 is 31.1 Å². The highest BCUT2D eigenvalue weighted by Gasteiger charge is 2.19. The van der Waals surface area contributed by atoms with E-state index in [0.717, 1.165) is 30.8 Å². The third-order valence-electron chi connectivity index (χ3n) is 6.07. The van der Waals surface area contributed by atoms with Crippen LogP contribution in [-0.4, -0.2) is 71.0 Å². The summed E-state index contributed by atoms with van der Waals surface area (Å²) in [5.41, 5.74) is 10.5. The first-order valence-electron chi connectivity index (χ1n) is 11.8. The second kappa shape index (κ2) is 11.2. The van der Waals surface area contributed by atoms with E-state index in [1.54, 1.807) is 19.1 Å². The summed E-state index contributed by atoms with van der Waals surface area (Å²) in [6.07, 6.45) is 2.33. The number of nitrogens with one attached hydrogen (secondary N) is 2. The molecule has 11 heteroatoms. The van der Waals surface area contributed by atoms with Crippen molar-refractivity contribution in [2.75, 3.05) is 44.9 Å². The van der Waals surface area contributed by atoms with Gasteiger partial charge in [-0.3, -0.25) is 14.5 Å². The first kappa shape index (κ1) is 25.9. The van der Waals surface area contributed by atoms with Gasteiger partial charge >= 0.3 is 5.97 Å². The summed E-state index contributed by atoms with van der Waals surface area (Å²) >= 11 is 0. The van der Waals surface area contributed by atoms with Crippen LogP contribution in [0.3, 0.4) is 0 Å². The standard InChI is InChI=1S/C26H31N7O4/c1-32-8-7-17-11-22(37-3)21(10-18(17)14-32)30-26-28-12-20(24(27)36)25(31-26)29-19-6-4-5-16(9-19)13-33(2)15-23(34)35/h4-6,9-12H,7-8,13-15H2,1-3H3,(H2,27,36)(H,34,35)(H2,28,29,30,31). The van der Waals surface area contributed by atoms with E-state index in [4.69, 9.17) is 15.6 Å². The van der Waals surface area contributed by atoms with Gasteiger partial charge in [0.05, 0.1) is 19.3 Å². The Labute approximate surface area is 215 Å². The van der Waals surface area contributed by atoms with Crippen molar-refractivity contribution < 1.29 is 19.4 Å². The summed E-state index contributed by atoms with van der Waals surface area (Å²) in [6.45, 7) is 2.19. The Kier molecular flexibility index (Phi) is 7.85. The van der Waals surface area contributed by atoms with Crippen LogP contribution in [0.25, 0.3) is 0 Å². The van der Waals surface area contributed by atoms with Gasteiger partial charge in [-0.1, -0.05) is 12.1 Å². The Balaban J connectivity index is 1.60. The number of nitrogens with zero attached hydrogens (tertiary/aromatic N) is 4. The summed E-state index contributed by atoms with van der Waals surface area (Å²) in [7, 11) is 5.44. The van der Waals surface area contributed by atoms with Crippen LogP contribution in [0.4, 0.5) is 23.1 Å². The molecule has 11 nitrogen and oxygen atoms in total. The molecule has 2 heterocycles. The number of aliphatic carboxylic acids is 1. The fourth-order valence-corrected chi connectivity index (χ4v) is 4.32. The average Bonchev–Trinajstić information content (AvgIpc) is 2.83. The van der Waals surface area contributed by atoms with Crippen LogP contribution >= 0.6 is 0 Å². The van der Waals surface area contributed by atoms with Gasteiger partial charge in [0, 0.05) is 31.5 Å². The number of carbonyl (C=O) groups excluding carboxylic acids is 1. The largest absolute Gasteiger partial charge is 0.495 e. The highest BCUT2D eigenvalue weighted by atomic mass is 16.5. The number of hydrogen-bond acceptors (Lipinski definition) is 9. The van der Waals surface area contributed by atoms with Crippen LogP contribution in [0.5, 0.6) is 5.75 Å². The van der Waals surface area contributed by atoms with Crippen LogP contribution in [-0.2, 0) is 24.3 Å². The predicted molar refractivity (Wildman–Crippen MR) is 141 cm³/mol. The summed E-state index contributed by atoms with van der Waals surface area (Å²) in [5.74, 6) is -0.365.